The van der Waals surface area contributed by atoms with E-state index in [9.17, 15) is 13.2 Å². The number of rotatable bonds is 4. The fourth-order valence-electron chi connectivity index (χ4n) is 1.58. The Hall–Kier alpha value is -1.86. The molecule has 0 saturated heterocycles. The van der Waals surface area contributed by atoms with Crippen molar-refractivity contribution in [2.24, 2.45) is 0 Å². The standard InChI is InChI=1S/C13H10ClF3N2O2/c1-20-7-21-11-6-19-12(14)4-9(11)10-3-2-8(5-18-10)13(15,16)17/h2-6H,7H2,1H3. The first-order chi connectivity index (χ1) is 9.91. The summed E-state index contributed by atoms with van der Waals surface area (Å²) in [6, 6.07) is 3.65. The number of pyridine rings is 2. The summed E-state index contributed by atoms with van der Waals surface area (Å²) in [6.45, 7) is -0.0308. The molecule has 0 saturated carbocycles. The Morgan fingerprint density at radius 2 is 1.95 bits per heavy atom. The molecule has 4 nitrogen and oxygen atoms in total. The first-order valence-electron chi connectivity index (χ1n) is 5.72. The monoisotopic (exact) mass is 318 g/mol. The Morgan fingerprint density at radius 1 is 1.19 bits per heavy atom. The van der Waals surface area contributed by atoms with Gasteiger partial charge < -0.3 is 9.47 Å². The van der Waals surface area contributed by atoms with Gasteiger partial charge in [-0.1, -0.05) is 11.6 Å². The second-order valence-electron chi connectivity index (χ2n) is 3.98. The van der Waals surface area contributed by atoms with Crippen molar-refractivity contribution in [3.8, 4) is 17.0 Å². The first kappa shape index (κ1) is 15.5. The van der Waals surface area contributed by atoms with Gasteiger partial charge in [-0.2, -0.15) is 13.2 Å². The van der Waals surface area contributed by atoms with Crippen molar-refractivity contribution in [3.63, 3.8) is 0 Å². The van der Waals surface area contributed by atoms with Gasteiger partial charge in [-0.25, -0.2) is 4.98 Å². The molecule has 0 unspecified atom stereocenters. The summed E-state index contributed by atoms with van der Waals surface area (Å²) in [5.74, 6) is 0.313. The van der Waals surface area contributed by atoms with Crippen molar-refractivity contribution in [1.82, 2.24) is 9.97 Å². The first-order valence-corrected chi connectivity index (χ1v) is 6.10. The van der Waals surface area contributed by atoms with Gasteiger partial charge in [-0.3, -0.25) is 4.98 Å². The zero-order valence-electron chi connectivity index (χ0n) is 10.8. The fourth-order valence-corrected chi connectivity index (χ4v) is 1.73. The molecule has 21 heavy (non-hydrogen) atoms. The van der Waals surface area contributed by atoms with Gasteiger partial charge in [-0.15, -0.1) is 0 Å². The molecule has 0 spiro atoms. The molecule has 0 N–H and O–H groups in total. The van der Waals surface area contributed by atoms with Gasteiger partial charge in [0.15, 0.2) is 6.79 Å². The van der Waals surface area contributed by atoms with Crippen LogP contribution in [0.2, 0.25) is 5.15 Å². The second-order valence-corrected chi connectivity index (χ2v) is 4.37. The minimum atomic E-state index is -4.43. The molecule has 2 aromatic heterocycles. The van der Waals surface area contributed by atoms with Gasteiger partial charge in [0, 0.05) is 18.9 Å². The molecule has 0 fully saturated rings. The van der Waals surface area contributed by atoms with E-state index < -0.39 is 11.7 Å². The smallest absolute Gasteiger partial charge is 0.417 e. The third-order valence-electron chi connectivity index (χ3n) is 2.53. The predicted molar refractivity (Wildman–Crippen MR) is 70.0 cm³/mol. The summed E-state index contributed by atoms with van der Waals surface area (Å²) in [5, 5.41) is 0.177. The van der Waals surface area contributed by atoms with Crippen LogP contribution in [0.25, 0.3) is 11.3 Å². The molecule has 0 aromatic carbocycles. The molecule has 0 aliphatic carbocycles. The van der Waals surface area contributed by atoms with Crippen LogP contribution in [0.4, 0.5) is 13.2 Å². The Kier molecular flexibility index (Phi) is 4.64. The fraction of sp³-hybridized carbons (Fsp3) is 0.231. The Morgan fingerprint density at radius 3 is 2.52 bits per heavy atom. The predicted octanol–water partition coefficient (Wildman–Crippen LogP) is 3.80. The van der Waals surface area contributed by atoms with Crippen LogP contribution < -0.4 is 4.74 Å². The molecular formula is C13H10ClF3N2O2. The highest BCUT2D eigenvalue weighted by atomic mass is 35.5. The SMILES string of the molecule is COCOc1cnc(Cl)cc1-c1ccc(C(F)(F)F)cn1. The van der Waals surface area contributed by atoms with Crippen molar-refractivity contribution >= 4 is 11.6 Å². The number of nitrogens with zero attached hydrogens (tertiary/aromatic N) is 2. The minimum absolute atomic E-state index is 0.0308. The van der Waals surface area contributed by atoms with Crippen LogP contribution >= 0.6 is 11.6 Å². The Labute approximate surface area is 123 Å². The maximum Gasteiger partial charge on any atom is 0.417 e. The van der Waals surface area contributed by atoms with Crippen LogP contribution in [-0.2, 0) is 10.9 Å². The third-order valence-corrected chi connectivity index (χ3v) is 2.74. The molecule has 112 valence electrons. The van der Waals surface area contributed by atoms with Crippen LogP contribution in [-0.4, -0.2) is 23.9 Å². The molecule has 0 aliphatic rings. The van der Waals surface area contributed by atoms with Crippen LogP contribution in [0, 0.1) is 0 Å². The lowest BCUT2D eigenvalue weighted by Crippen LogP contribution is -2.05. The van der Waals surface area contributed by atoms with E-state index in [0.29, 0.717) is 17.0 Å². The van der Waals surface area contributed by atoms with Crippen molar-refractivity contribution in [3.05, 3.63) is 41.3 Å². The lowest BCUT2D eigenvalue weighted by Gasteiger charge is -2.11. The van der Waals surface area contributed by atoms with Crippen LogP contribution in [0.5, 0.6) is 5.75 Å². The van der Waals surface area contributed by atoms with E-state index in [0.717, 1.165) is 12.3 Å². The van der Waals surface area contributed by atoms with Crippen molar-refractivity contribution < 1.29 is 22.6 Å². The van der Waals surface area contributed by atoms with E-state index in [-0.39, 0.29) is 11.9 Å². The summed E-state index contributed by atoms with van der Waals surface area (Å²) in [7, 11) is 1.44. The van der Waals surface area contributed by atoms with E-state index in [1.54, 1.807) is 0 Å². The molecular weight excluding hydrogens is 309 g/mol. The van der Waals surface area contributed by atoms with Gasteiger partial charge in [0.2, 0.25) is 0 Å². The van der Waals surface area contributed by atoms with E-state index in [1.807, 2.05) is 0 Å². The highest BCUT2D eigenvalue weighted by Gasteiger charge is 2.30. The number of aromatic nitrogens is 2. The highest BCUT2D eigenvalue weighted by Crippen LogP contribution is 2.33. The largest absolute Gasteiger partial charge is 0.465 e. The molecule has 0 aliphatic heterocycles. The lowest BCUT2D eigenvalue weighted by molar-refractivity contribution is -0.137. The zero-order chi connectivity index (χ0) is 15.5. The van der Waals surface area contributed by atoms with Crippen molar-refractivity contribution in [2.45, 2.75) is 6.18 Å². The summed E-state index contributed by atoms with van der Waals surface area (Å²) in [6.07, 6.45) is -2.32. The van der Waals surface area contributed by atoms with Gasteiger partial charge in [0.1, 0.15) is 10.9 Å². The maximum absolute atomic E-state index is 12.5. The number of hydrogen-bond acceptors (Lipinski definition) is 4. The minimum Gasteiger partial charge on any atom is -0.465 e. The number of halogens is 4. The second kappa shape index (κ2) is 6.28. The van der Waals surface area contributed by atoms with Crippen molar-refractivity contribution in [1.29, 1.82) is 0 Å². The van der Waals surface area contributed by atoms with Crippen LogP contribution in [0.3, 0.4) is 0 Å². The zero-order valence-corrected chi connectivity index (χ0v) is 11.6. The average molecular weight is 319 g/mol. The maximum atomic E-state index is 12.5. The molecule has 2 rings (SSSR count). The number of methoxy groups -OCH3 is 1. The van der Waals surface area contributed by atoms with Gasteiger partial charge in [0.05, 0.1) is 17.5 Å². The van der Waals surface area contributed by atoms with Gasteiger partial charge >= 0.3 is 6.18 Å². The number of alkyl halides is 3. The lowest BCUT2D eigenvalue weighted by atomic mass is 10.1. The molecule has 0 radical (unpaired) electrons. The van der Waals surface area contributed by atoms with Crippen molar-refractivity contribution in [2.75, 3.05) is 13.9 Å². The Bertz CT molecular complexity index is 618. The van der Waals surface area contributed by atoms with Crippen LogP contribution in [0.1, 0.15) is 5.56 Å². The van der Waals surface area contributed by atoms with E-state index in [1.165, 1.54) is 25.4 Å². The molecule has 0 bridgehead atoms. The van der Waals surface area contributed by atoms with Gasteiger partial charge in [0.25, 0.3) is 0 Å². The topological polar surface area (TPSA) is 44.2 Å². The highest BCUT2D eigenvalue weighted by molar-refractivity contribution is 6.29. The summed E-state index contributed by atoms with van der Waals surface area (Å²) >= 11 is 5.80. The quantitative estimate of drug-likeness (QED) is 0.635. The van der Waals surface area contributed by atoms with Gasteiger partial charge in [-0.05, 0) is 18.2 Å². The van der Waals surface area contributed by atoms with E-state index >= 15 is 0 Å². The Balaban J connectivity index is 2.38. The van der Waals surface area contributed by atoms with Crippen LogP contribution in [0.15, 0.2) is 30.6 Å². The summed E-state index contributed by atoms with van der Waals surface area (Å²) < 4.78 is 47.6. The molecule has 8 heteroatoms. The number of hydrogen-bond donors (Lipinski definition) is 0. The summed E-state index contributed by atoms with van der Waals surface area (Å²) in [4.78, 5) is 7.65. The molecule has 2 aromatic rings. The average Bonchev–Trinajstić information content (AvgIpc) is 2.45. The summed E-state index contributed by atoms with van der Waals surface area (Å²) in [5.41, 5.74) is -0.107. The molecule has 0 atom stereocenters. The normalized spacial score (nSPS) is 11.5. The molecule has 0 amide bonds. The van der Waals surface area contributed by atoms with E-state index in [4.69, 9.17) is 21.1 Å². The number of ether oxygens (including phenoxy) is 2. The van der Waals surface area contributed by atoms with E-state index in [2.05, 4.69) is 9.97 Å². The molecule has 2 heterocycles. The third kappa shape index (κ3) is 3.83.